The van der Waals surface area contributed by atoms with E-state index in [0.29, 0.717) is 18.2 Å². The lowest BCUT2D eigenvalue weighted by molar-refractivity contribution is -0.126. The molecule has 0 unspecified atom stereocenters. The molecule has 13 heavy (non-hydrogen) atoms. The highest BCUT2D eigenvalue weighted by molar-refractivity contribution is 5.83. The minimum absolute atomic E-state index is 0.169. The van der Waals surface area contributed by atoms with E-state index in [0.717, 1.165) is 13.0 Å². The molecule has 2 heteroatoms. The maximum atomic E-state index is 11.5. The molecular formula is C11H23NO. The van der Waals surface area contributed by atoms with Crippen LogP contribution in [-0.4, -0.2) is 18.4 Å². The summed E-state index contributed by atoms with van der Waals surface area (Å²) in [5.41, 5.74) is -0.169. The highest BCUT2D eigenvalue weighted by Crippen LogP contribution is 2.17. The lowest BCUT2D eigenvalue weighted by Gasteiger charge is -2.16. The number of hydrogen-bond acceptors (Lipinski definition) is 2. The SMILES string of the molecule is CC(C)NCCCC(=O)C(C)(C)C. The average molecular weight is 185 g/mol. The van der Waals surface area contributed by atoms with Gasteiger partial charge in [-0.2, -0.15) is 0 Å². The first-order valence-electron chi connectivity index (χ1n) is 5.10. The molecule has 0 spiro atoms. The molecule has 0 heterocycles. The highest BCUT2D eigenvalue weighted by Gasteiger charge is 2.19. The zero-order valence-electron chi connectivity index (χ0n) is 9.61. The van der Waals surface area contributed by atoms with Crippen molar-refractivity contribution < 1.29 is 4.79 Å². The molecule has 0 rings (SSSR count). The Balaban J connectivity index is 3.49. The molecule has 0 amide bonds. The van der Waals surface area contributed by atoms with Crippen molar-refractivity contribution in [2.75, 3.05) is 6.54 Å². The number of ketones is 1. The van der Waals surface area contributed by atoms with E-state index in [1.165, 1.54) is 0 Å². The molecule has 0 fully saturated rings. The maximum absolute atomic E-state index is 11.5. The van der Waals surface area contributed by atoms with Crippen LogP contribution in [0.1, 0.15) is 47.5 Å². The van der Waals surface area contributed by atoms with Crippen molar-refractivity contribution in [3.8, 4) is 0 Å². The van der Waals surface area contributed by atoms with Crippen LogP contribution in [0.5, 0.6) is 0 Å². The molecule has 0 aromatic carbocycles. The Morgan fingerprint density at radius 3 is 2.23 bits per heavy atom. The summed E-state index contributed by atoms with van der Waals surface area (Å²) in [6.07, 6.45) is 1.65. The molecule has 0 saturated heterocycles. The smallest absolute Gasteiger partial charge is 0.138 e. The molecule has 0 bridgehead atoms. The zero-order valence-corrected chi connectivity index (χ0v) is 9.61. The minimum Gasteiger partial charge on any atom is -0.315 e. The van der Waals surface area contributed by atoms with Crippen LogP contribution in [0.15, 0.2) is 0 Å². The lowest BCUT2D eigenvalue weighted by atomic mass is 9.88. The first-order valence-corrected chi connectivity index (χ1v) is 5.10. The van der Waals surface area contributed by atoms with E-state index in [9.17, 15) is 4.79 Å². The third kappa shape index (κ3) is 6.76. The van der Waals surface area contributed by atoms with Gasteiger partial charge in [-0.15, -0.1) is 0 Å². The summed E-state index contributed by atoms with van der Waals surface area (Å²) in [6.45, 7) is 11.1. The molecule has 0 saturated carbocycles. The summed E-state index contributed by atoms with van der Waals surface area (Å²) < 4.78 is 0. The van der Waals surface area contributed by atoms with E-state index in [1.807, 2.05) is 20.8 Å². The van der Waals surface area contributed by atoms with Crippen LogP contribution in [0.3, 0.4) is 0 Å². The van der Waals surface area contributed by atoms with Crippen LogP contribution in [0.4, 0.5) is 0 Å². The molecule has 2 nitrogen and oxygen atoms in total. The van der Waals surface area contributed by atoms with Gasteiger partial charge < -0.3 is 5.32 Å². The Morgan fingerprint density at radius 1 is 1.31 bits per heavy atom. The second-order valence-corrected chi connectivity index (χ2v) is 4.89. The van der Waals surface area contributed by atoms with Crippen LogP contribution < -0.4 is 5.32 Å². The van der Waals surface area contributed by atoms with Crippen molar-refractivity contribution in [2.24, 2.45) is 5.41 Å². The number of carbonyl (C=O) groups excluding carboxylic acids is 1. The van der Waals surface area contributed by atoms with Crippen molar-refractivity contribution in [2.45, 2.75) is 53.5 Å². The van der Waals surface area contributed by atoms with Crippen molar-refractivity contribution >= 4 is 5.78 Å². The summed E-state index contributed by atoms with van der Waals surface area (Å²) >= 11 is 0. The molecule has 0 aromatic heterocycles. The summed E-state index contributed by atoms with van der Waals surface area (Å²) in [4.78, 5) is 11.5. The van der Waals surface area contributed by atoms with Crippen molar-refractivity contribution in [3.63, 3.8) is 0 Å². The number of hydrogen-bond donors (Lipinski definition) is 1. The van der Waals surface area contributed by atoms with E-state index < -0.39 is 0 Å². The van der Waals surface area contributed by atoms with Crippen LogP contribution in [0, 0.1) is 5.41 Å². The maximum Gasteiger partial charge on any atom is 0.138 e. The van der Waals surface area contributed by atoms with Crippen LogP contribution in [0.25, 0.3) is 0 Å². The standard InChI is InChI=1S/C11H23NO/c1-9(2)12-8-6-7-10(13)11(3,4)5/h9,12H,6-8H2,1-5H3. The average Bonchev–Trinajstić information content (AvgIpc) is 1.95. The highest BCUT2D eigenvalue weighted by atomic mass is 16.1. The molecular weight excluding hydrogens is 162 g/mol. The summed E-state index contributed by atoms with van der Waals surface area (Å²) in [7, 11) is 0. The van der Waals surface area contributed by atoms with Gasteiger partial charge in [0.2, 0.25) is 0 Å². The molecule has 0 aromatic rings. The lowest BCUT2D eigenvalue weighted by Crippen LogP contribution is -2.26. The van der Waals surface area contributed by atoms with E-state index in [1.54, 1.807) is 0 Å². The molecule has 0 aliphatic heterocycles. The Bertz CT molecular complexity index is 156. The van der Waals surface area contributed by atoms with E-state index >= 15 is 0 Å². The summed E-state index contributed by atoms with van der Waals surface area (Å²) in [5, 5.41) is 3.30. The Kier molecular flexibility index (Phi) is 5.23. The van der Waals surface area contributed by atoms with Crippen molar-refractivity contribution in [1.82, 2.24) is 5.32 Å². The molecule has 0 aliphatic rings. The monoisotopic (exact) mass is 185 g/mol. The van der Waals surface area contributed by atoms with E-state index in [-0.39, 0.29) is 5.41 Å². The fourth-order valence-corrected chi connectivity index (χ4v) is 1.01. The Labute approximate surface area is 82.1 Å². The van der Waals surface area contributed by atoms with E-state index in [2.05, 4.69) is 19.2 Å². The van der Waals surface area contributed by atoms with Crippen molar-refractivity contribution in [1.29, 1.82) is 0 Å². The van der Waals surface area contributed by atoms with E-state index in [4.69, 9.17) is 0 Å². The second kappa shape index (κ2) is 5.38. The molecule has 0 radical (unpaired) electrons. The Hall–Kier alpha value is -0.370. The van der Waals surface area contributed by atoms with Gasteiger partial charge in [-0.25, -0.2) is 0 Å². The van der Waals surface area contributed by atoms with Gasteiger partial charge in [0.25, 0.3) is 0 Å². The van der Waals surface area contributed by atoms with Gasteiger partial charge in [-0.05, 0) is 13.0 Å². The first kappa shape index (κ1) is 12.6. The number of rotatable bonds is 5. The second-order valence-electron chi connectivity index (χ2n) is 4.89. The first-order chi connectivity index (χ1) is 5.84. The van der Waals surface area contributed by atoms with Crippen LogP contribution in [-0.2, 0) is 4.79 Å². The fourth-order valence-electron chi connectivity index (χ4n) is 1.01. The summed E-state index contributed by atoms with van der Waals surface area (Å²) in [5.74, 6) is 0.359. The Morgan fingerprint density at radius 2 is 1.85 bits per heavy atom. The molecule has 78 valence electrons. The fraction of sp³-hybridized carbons (Fsp3) is 0.909. The molecule has 0 aliphatic carbocycles. The van der Waals surface area contributed by atoms with Gasteiger partial charge in [0.15, 0.2) is 0 Å². The van der Waals surface area contributed by atoms with Crippen molar-refractivity contribution in [3.05, 3.63) is 0 Å². The van der Waals surface area contributed by atoms with Gasteiger partial charge >= 0.3 is 0 Å². The quantitative estimate of drug-likeness (QED) is 0.666. The predicted octanol–water partition coefficient (Wildman–Crippen LogP) is 2.38. The third-order valence-electron chi connectivity index (χ3n) is 1.97. The summed E-state index contributed by atoms with van der Waals surface area (Å²) in [6, 6.07) is 0.518. The van der Waals surface area contributed by atoms with Gasteiger partial charge in [0.1, 0.15) is 5.78 Å². The van der Waals surface area contributed by atoms with Crippen LogP contribution in [0.2, 0.25) is 0 Å². The molecule has 0 atom stereocenters. The number of Topliss-reactive ketones (excluding diaryl/α,β-unsaturated/α-hetero) is 1. The van der Waals surface area contributed by atoms with Gasteiger partial charge in [0, 0.05) is 17.9 Å². The minimum atomic E-state index is -0.169. The number of carbonyl (C=O) groups is 1. The third-order valence-corrected chi connectivity index (χ3v) is 1.97. The normalized spacial score (nSPS) is 12.2. The topological polar surface area (TPSA) is 29.1 Å². The number of nitrogens with one attached hydrogen (secondary N) is 1. The predicted molar refractivity (Wildman–Crippen MR) is 56.8 cm³/mol. The van der Waals surface area contributed by atoms with Gasteiger partial charge in [-0.3, -0.25) is 4.79 Å². The van der Waals surface area contributed by atoms with Gasteiger partial charge in [0.05, 0.1) is 0 Å². The zero-order chi connectivity index (χ0) is 10.5. The van der Waals surface area contributed by atoms with Gasteiger partial charge in [-0.1, -0.05) is 34.6 Å². The largest absolute Gasteiger partial charge is 0.315 e. The van der Waals surface area contributed by atoms with Crippen LogP contribution >= 0.6 is 0 Å². The molecule has 1 N–H and O–H groups in total.